The summed E-state index contributed by atoms with van der Waals surface area (Å²) in [5, 5.41) is 0. The van der Waals surface area contributed by atoms with E-state index in [0.717, 1.165) is 12.8 Å². The van der Waals surface area contributed by atoms with Gasteiger partial charge in [0.05, 0.1) is 7.11 Å². The Morgan fingerprint density at radius 2 is 2.08 bits per heavy atom. The van der Waals surface area contributed by atoms with Crippen LogP contribution in [0, 0.1) is 11.8 Å². The Morgan fingerprint density at radius 3 is 2.69 bits per heavy atom. The van der Waals surface area contributed by atoms with Gasteiger partial charge in [0.1, 0.15) is 0 Å². The lowest BCUT2D eigenvalue weighted by Crippen LogP contribution is -2.03. The fraction of sp³-hybridized carbons (Fsp3) is 0.700. The molecule has 0 aromatic carbocycles. The minimum atomic E-state index is -0.678. The molecule has 0 radical (unpaired) electrons. The van der Waals surface area contributed by atoms with Crippen molar-refractivity contribution in [2.24, 2.45) is 0 Å². The van der Waals surface area contributed by atoms with Crippen LogP contribution in [0.15, 0.2) is 0 Å². The van der Waals surface area contributed by atoms with Gasteiger partial charge in [0, 0.05) is 6.42 Å². The highest BCUT2D eigenvalue weighted by Crippen LogP contribution is 1.96. The Bertz CT molecular complexity index is 188. The van der Waals surface area contributed by atoms with Crippen LogP contribution in [0.25, 0.3) is 0 Å². The van der Waals surface area contributed by atoms with Crippen LogP contribution in [0.3, 0.4) is 0 Å². The highest BCUT2D eigenvalue weighted by atomic mass is 16.7. The van der Waals surface area contributed by atoms with Gasteiger partial charge in [0.2, 0.25) is 0 Å². The lowest BCUT2D eigenvalue weighted by Gasteiger charge is -1.95. The number of rotatable bonds is 4. The van der Waals surface area contributed by atoms with Crippen molar-refractivity contribution in [2.45, 2.75) is 32.6 Å². The van der Waals surface area contributed by atoms with Gasteiger partial charge in [-0.05, 0) is 6.42 Å². The average molecular weight is 184 g/mol. The van der Waals surface area contributed by atoms with Crippen molar-refractivity contribution in [1.82, 2.24) is 0 Å². The molecule has 0 rings (SSSR count). The molecule has 0 spiro atoms. The zero-order chi connectivity index (χ0) is 9.94. The van der Waals surface area contributed by atoms with Gasteiger partial charge in [-0.25, -0.2) is 4.79 Å². The largest absolute Gasteiger partial charge is 0.508 e. The Hall–Kier alpha value is -1.17. The Labute approximate surface area is 79.4 Å². The molecule has 3 heteroatoms. The number of methoxy groups -OCH3 is 1. The van der Waals surface area contributed by atoms with E-state index in [1.165, 1.54) is 20.0 Å². The van der Waals surface area contributed by atoms with Gasteiger partial charge in [0.25, 0.3) is 0 Å². The van der Waals surface area contributed by atoms with E-state index in [-0.39, 0.29) is 6.61 Å². The highest BCUT2D eigenvalue weighted by Gasteiger charge is 1.94. The van der Waals surface area contributed by atoms with Gasteiger partial charge in [0.15, 0.2) is 6.61 Å². The third-order valence-corrected chi connectivity index (χ3v) is 1.46. The van der Waals surface area contributed by atoms with Crippen molar-refractivity contribution in [1.29, 1.82) is 0 Å². The maximum absolute atomic E-state index is 10.4. The van der Waals surface area contributed by atoms with Crippen LogP contribution in [0.4, 0.5) is 4.79 Å². The second-order valence-corrected chi connectivity index (χ2v) is 2.55. The smallest absolute Gasteiger partial charge is 0.438 e. The summed E-state index contributed by atoms with van der Waals surface area (Å²) < 4.78 is 8.83. The summed E-state index contributed by atoms with van der Waals surface area (Å²) in [7, 11) is 1.27. The molecule has 74 valence electrons. The molecule has 0 saturated heterocycles. The van der Waals surface area contributed by atoms with Crippen LogP contribution >= 0.6 is 0 Å². The number of carbonyl (C=O) groups excluding carboxylic acids is 1. The van der Waals surface area contributed by atoms with Gasteiger partial charge in [-0.15, -0.1) is 0 Å². The van der Waals surface area contributed by atoms with E-state index in [1.54, 1.807) is 0 Å². The fourth-order valence-electron chi connectivity index (χ4n) is 0.757. The van der Waals surface area contributed by atoms with Crippen LogP contribution in [0.1, 0.15) is 32.6 Å². The first kappa shape index (κ1) is 11.8. The molecular formula is C10H16O3. The summed E-state index contributed by atoms with van der Waals surface area (Å²) in [5.74, 6) is 5.65. The van der Waals surface area contributed by atoms with Crippen LogP contribution in [-0.4, -0.2) is 19.9 Å². The summed E-state index contributed by atoms with van der Waals surface area (Å²) in [4.78, 5) is 10.4. The third-order valence-electron chi connectivity index (χ3n) is 1.46. The summed E-state index contributed by atoms with van der Waals surface area (Å²) in [6.45, 7) is 2.27. The molecule has 0 bridgehead atoms. The predicted molar refractivity (Wildman–Crippen MR) is 50.3 cm³/mol. The summed E-state index contributed by atoms with van der Waals surface area (Å²) in [6.07, 6.45) is 3.70. The van der Waals surface area contributed by atoms with Crippen LogP contribution in [-0.2, 0) is 9.47 Å². The van der Waals surface area contributed by atoms with Gasteiger partial charge in [-0.1, -0.05) is 31.6 Å². The molecule has 0 atom stereocenters. The molecule has 13 heavy (non-hydrogen) atoms. The molecule has 0 aliphatic carbocycles. The Kier molecular flexibility index (Phi) is 8.12. The molecule has 0 aromatic rings. The van der Waals surface area contributed by atoms with Crippen LogP contribution in [0.5, 0.6) is 0 Å². The van der Waals surface area contributed by atoms with Crippen molar-refractivity contribution in [3.05, 3.63) is 0 Å². The molecule has 0 unspecified atom stereocenters. The number of ether oxygens (including phenoxy) is 2. The first-order chi connectivity index (χ1) is 6.31. The predicted octanol–water partition coefficient (Wildman–Crippen LogP) is 2.35. The van der Waals surface area contributed by atoms with E-state index in [2.05, 4.69) is 28.2 Å². The van der Waals surface area contributed by atoms with Crippen molar-refractivity contribution >= 4 is 6.16 Å². The SMILES string of the molecule is CCCCCC#CCOC(=O)OC. The van der Waals surface area contributed by atoms with E-state index in [1.807, 2.05) is 0 Å². The first-order valence-electron chi connectivity index (χ1n) is 4.47. The number of carbonyl (C=O) groups is 1. The second-order valence-electron chi connectivity index (χ2n) is 2.55. The van der Waals surface area contributed by atoms with E-state index < -0.39 is 6.16 Å². The number of hydrogen-bond donors (Lipinski definition) is 0. The molecule has 3 nitrogen and oxygen atoms in total. The fourth-order valence-corrected chi connectivity index (χ4v) is 0.757. The molecule has 0 saturated carbocycles. The van der Waals surface area contributed by atoms with Crippen molar-refractivity contribution in [2.75, 3.05) is 13.7 Å². The maximum atomic E-state index is 10.4. The molecule has 0 N–H and O–H groups in total. The van der Waals surface area contributed by atoms with E-state index in [4.69, 9.17) is 0 Å². The number of unbranched alkanes of at least 4 members (excludes halogenated alkanes) is 3. The molecule has 0 aliphatic rings. The van der Waals surface area contributed by atoms with Crippen molar-refractivity contribution in [3.63, 3.8) is 0 Å². The molecule has 0 aliphatic heterocycles. The summed E-state index contributed by atoms with van der Waals surface area (Å²) >= 11 is 0. The lowest BCUT2D eigenvalue weighted by molar-refractivity contribution is 0.0832. The van der Waals surface area contributed by atoms with E-state index >= 15 is 0 Å². The van der Waals surface area contributed by atoms with E-state index in [9.17, 15) is 4.79 Å². The van der Waals surface area contributed by atoms with Crippen molar-refractivity contribution in [3.8, 4) is 11.8 Å². The zero-order valence-corrected chi connectivity index (χ0v) is 8.26. The van der Waals surface area contributed by atoms with Crippen LogP contribution in [0.2, 0.25) is 0 Å². The monoisotopic (exact) mass is 184 g/mol. The first-order valence-corrected chi connectivity index (χ1v) is 4.47. The third kappa shape index (κ3) is 8.74. The molecule has 0 aromatic heterocycles. The Balaban J connectivity index is 3.25. The summed E-state index contributed by atoms with van der Waals surface area (Å²) in [5.41, 5.74) is 0. The van der Waals surface area contributed by atoms with Gasteiger partial charge >= 0.3 is 6.16 Å². The zero-order valence-electron chi connectivity index (χ0n) is 8.26. The minimum absolute atomic E-state index is 0.124. The maximum Gasteiger partial charge on any atom is 0.508 e. The molecule has 0 fully saturated rings. The Morgan fingerprint density at radius 1 is 1.31 bits per heavy atom. The lowest BCUT2D eigenvalue weighted by atomic mass is 10.2. The van der Waals surface area contributed by atoms with Crippen molar-refractivity contribution < 1.29 is 14.3 Å². The highest BCUT2D eigenvalue weighted by molar-refractivity contribution is 5.59. The van der Waals surface area contributed by atoms with Gasteiger partial charge < -0.3 is 9.47 Å². The quantitative estimate of drug-likeness (QED) is 0.382. The summed E-state index contributed by atoms with van der Waals surface area (Å²) in [6, 6.07) is 0. The molecule has 0 amide bonds. The van der Waals surface area contributed by atoms with E-state index in [0.29, 0.717) is 0 Å². The minimum Gasteiger partial charge on any atom is -0.438 e. The standard InChI is InChI=1S/C10H16O3/c1-3-4-5-6-7-8-9-13-10(11)12-2/h3-6,9H2,1-2H3. The molecule has 0 heterocycles. The second kappa shape index (κ2) is 8.92. The normalized spacial score (nSPS) is 8.46. The topological polar surface area (TPSA) is 35.5 Å². The molecular weight excluding hydrogens is 168 g/mol. The number of hydrogen-bond acceptors (Lipinski definition) is 3. The van der Waals surface area contributed by atoms with Gasteiger partial charge in [-0.3, -0.25) is 0 Å². The van der Waals surface area contributed by atoms with Crippen LogP contribution < -0.4 is 0 Å². The average Bonchev–Trinajstić information content (AvgIpc) is 2.16. The van der Waals surface area contributed by atoms with Gasteiger partial charge in [-0.2, -0.15) is 0 Å².